The number of nitrogens with zero attached hydrogens (tertiary/aromatic N) is 2. The van der Waals surface area contributed by atoms with Crippen molar-refractivity contribution >= 4 is 50.7 Å². The molecule has 3 aromatic rings. The van der Waals surface area contributed by atoms with Gasteiger partial charge in [0.2, 0.25) is 5.91 Å². The van der Waals surface area contributed by atoms with E-state index < -0.39 is 0 Å². The first-order valence-electron chi connectivity index (χ1n) is 11.1. The first-order chi connectivity index (χ1) is 15.4. The summed E-state index contributed by atoms with van der Waals surface area (Å²) in [5.74, 6) is 0.854. The summed E-state index contributed by atoms with van der Waals surface area (Å²) in [6, 6.07) is 5.43. The summed E-state index contributed by atoms with van der Waals surface area (Å²) in [4.78, 5) is 44.7. The number of ketones is 1. The molecule has 1 aliphatic carbocycles. The van der Waals surface area contributed by atoms with Crippen molar-refractivity contribution < 1.29 is 9.59 Å². The molecule has 1 unspecified atom stereocenters. The highest BCUT2D eigenvalue weighted by molar-refractivity contribution is 7.99. The number of hydrogen-bond acceptors (Lipinski definition) is 6. The smallest absolute Gasteiger partial charge is 0.263 e. The SMILES string of the molecule is CCn1c(SCC(=O)c2ccc3c(c2)CCC(=O)N3)nc2sc3c(c2c1=O)CCC(C)C3. The molecule has 1 aliphatic heterocycles. The lowest BCUT2D eigenvalue weighted by Gasteiger charge is -2.17. The number of benzene rings is 1. The van der Waals surface area contributed by atoms with Crippen LogP contribution in [0.4, 0.5) is 5.69 Å². The van der Waals surface area contributed by atoms with E-state index in [-0.39, 0.29) is 23.0 Å². The Labute approximate surface area is 194 Å². The Morgan fingerprint density at radius 2 is 2.12 bits per heavy atom. The molecule has 1 atom stereocenters. The Balaban J connectivity index is 1.41. The molecule has 166 valence electrons. The Morgan fingerprint density at radius 3 is 2.94 bits per heavy atom. The molecule has 0 saturated heterocycles. The van der Waals surface area contributed by atoms with Gasteiger partial charge in [0.15, 0.2) is 10.9 Å². The number of thioether (sulfide) groups is 1. The highest BCUT2D eigenvalue weighted by atomic mass is 32.2. The summed E-state index contributed by atoms with van der Waals surface area (Å²) in [7, 11) is 0. The number of hydrogen-bond donors (Lipinski definition) is 1. The van der Waals surface area contributed by atoms with Crippen LogP contribution in [0.2, 0.25) is 0 Å². The van der Waals surface area contributed by atoms with Crippen molar-refractivity contribution in [1.82, 2.24) is 9.55 Å². The van der Waals surface area contributed by atoms with Gasteiger partial charge in [0.25, 0.3) is 5.56 Å². The normalized spacial score (nSPS) is 17.7. The summed E-state index contributed by atoms with van der Waals surface area (Å²) < 4.78 is 1.70. The summed E-state index contributed by atoms with van der Waals surface area (Å²) >= 11 is 2.97. The molecule has 0 spiro atoms. The van der Waals surface area contributed by atoms with Crippen LogP contribution in [0.25, 0.3) is 10.2 Å². The van der Waals surface area contributed by atoms with Gasteiger partial charge in [-0.3, -0.25) is 19.0 Å². The standard InChI is InChI=1S/C24H25N3O3S2/c1-3-27-23(30)21-16-7-4-13(2)10-19(16)32-22(21)26-24(27)31-12-18(28)15-5-8-17-14(11-15)6-9-20(29)25-17/h5,8,11,13H,3-4,6-7,9-10,12H2,1-2H3,(H,25,29). The molecule has 1 amide bonds. The van der Waals surface area contributed by atoms with Crippen LogP contribution in [0.5, 0.6) is 0 Å². The fourth-order valence-electron chi connectivity index (χ4n) is 4.56. The van der Waals surface area contributed by atoms with Crippen molar-refractivity contribution in [2.75, 3.05) is 11.1 Å². The van der Waals surface area contributed by atoms with E-state index in [1.54, 1.807) is 28.0 Å². The van der Waals surface area contributed by atoms with Crippen molar-refractivity contribution in [3.63, 3.8) is 0 Å². The minimum absolute atomic E-state index is 0.00834. The number of thiophene rings is 1. The van der Waals surface area contributed by atoms with Crippen molar-refractivity contribution in [3.8, 4) is 0 Å². The van der Waals surface area contributed by atoms with Crippen LogP contribution in [0.1, 0.15) is 53.1 Å². The third-order valence-electron chi connectivity index (χ3n) is 6.35. The zero-order chi connectivity index (χ0) is 22.4. The van der Waals surface area contributed by atoms with Gasteiger partial charge >= 0.3 is 0 Å². The molecule has 8 heteroatoms. The molecular formula is C24H25N3O3S2. The number of rotatable bonds is 5. The average molecular weight is 468 g/mol. The molecule has 2 aromatic heterocycles. The molecule has 0 bridgehead atoms. The van der Waals surface area contributed by atoms with Crippen molar-refractivity contribution in [2.45, 2.75) is 57.7 Å². The molecule has 1 aromatic carbocycles. The lowest BCUT2D eigenvalue weighted by atomic mass is 9.89. The van der Waals surface area contributed by atoms with E-state index in [1.807, 2.05) is 13.0 Å². The van der Waals surface area contributed by atoms with Gasteiger partial charge in [0, 0.05) is 29.1 Å². The molecular weight excluding hydrogens is 442 g/mol. The Kier molecular flexibility index (Phi) is 5.67. The number of nitrogens with one attached hydrogen (secondary N) is 1. The highest BCUT2D eigenvalue weighted by Crippen LogP contribution is 2.36. The van der Waals surface area contributed by atoms with Crippen LogP contribution >= 0.6 is 23.1 Å². The lowest BCUT2D eigenvalue weighted by Crippen LogP contribution is -2.23. The molecule has 6 nitrogen and oxygen atoms in total. The van der Waals surface area contributed by atoms with Crippen molar-refractivity contribution in [2.24, 2.45) is 5.92 Å². The summed E-state index contributed by atoms with van der Waals surface area (Å²) in [6.45, 7) is 4.73. The Hall–Kier alpha value is -2.45. The minimum atomic E-state index is -0.00834. The van der Waals surface area contributed by atoms with Crippen LogP contribution in [0.15, 0.2) is 28.2 Å². The molecule has 0 fully saturated rings. The second-order valence-electron chi connectivity index (χ2n) is 8.61. The predicted octanol–water partition coefficient (Wildman–Crippen LogP) is 4.46. The minimum Gasteiger partial charge on any atom is -0.326 e. The van der Waals surface area contributed by atoms with Crippen LogP contribution in [0, 0.1) is 5.92 Å². The van der Waals surface area contributed by atoms with Crippen LogP contribution in [0.3, 0.4) is 0 Å². The molecule has 3 heterocycles. The average Bonchev–Trinajstić information content (AvgIpc) is 3.14. The molecule has 0 saturated carbocycles. The topological polar surface area (TPSA) is 81.1 Å². The number of aromatic nitrogens is 2. The molecule has 32 heavy (non-hydrogen) atoms. The Morgan fingerprint density at radius 1 is 1.28 bits per heavy atom. The van der Waals surface area contributed by atoms with E-state index in [1.165, 1.54) is 22.2 Å². The second kappa shape index (κ2) is 8.48. The van der Waals surface area contributed by atoms with Gasteiger partial charge in [0.1, 0.15) is 4.83 Å². The summed E-state index contributed by atoms with van der Waals surface area (Å²) in [6.07, 6.45) is 4.16. The van der Waals surface area contributed by atoms with E-state index in [0.717, 1.165) is 40.7 Å². The second-order valence-corrected chi connectivity index (χ2v) is 10.6. The number of carbonyl (C=O) groups excluding carboxylic acids is 2. The quantitative estimate of drug-likeness (QED) is 0.340. The third-order valence-corrected chi connectivity index (χ3v) is 8.48. The van der Waals surface area contributed by atoms with Gasteiger partial charge in [-0.25, -0.2) is 4.98 Å². The van der Waals surface area contributed by atoms with E-state index >= 15 is 0 Å². The van der Waals surface area contributed by atoms with E-state index in [0.29, 0.717) is 36.0 Å². The molecule has 1 N–H and O–H groups in total. The van der Waals surface area contributed by atoms with Crippen LogP contribution in [-0.2, 0) is 30.6 Å². The van der Waals surface area contributed by atoms with E-state index in [9.17, 15) is 14.4 Å². The van der Waals surface area contributed by atoms with Crippen molar-refractivity contribution in [3.05, 3.63) is 50.1 Å². The predicted molar refractivity (Wildman–Crippen MR) is 129 cm³/mol. The van der Waals surface area contributed by atoms with Crippen LogP contribution in [-0.4, -0.2) is 27.0 Å². The van der Waals surface area contributed by atoms with E-state index in [4.69, 9.17) is 4.98 Å². The fraction of sp³-hybridized carbons (Fsp3) is 0.417. The number of Topliss-reactive ketones (excluding diaryl/α,β-unsaturated/α-hetero) is 1. The summed E-state index contributed by atoms with van der Waals surface area (Å²) in [5.41, 5.74) is 3.61. The zero-order valence-electron chi connectivity index (χ0n) is 18.2. The maximum atomic E-state index is 13.3. The highest BCUT2D eigenvalue weighted by Gasteiger charge is 2.25. The summed E-state index contributed by atoms with van der Waals surface area (Å²) in [5, 5.41) is 4.23. The maximum Gasteiger partial charge on any atom is 0.263 e. The Bertz CT molecular complexity index is 1310. The number of aryl methyl sites for hydroxylation is 2. The molecule has 0 radical (unpaired) electrons. The number of fused-ring (bicyclic) bond motifs is 4. The molecule has 2 aliphatic rings. The van der Waals surface area contributed by atoms with Gasteiger partial charge in [-0.2, -0.15) is 0 Å². The first-order valence-corrected chi connectivity index (χ1v) is 12.9. The molecule has 5 rings (SSSR count). The third kappa shape index (κ3) is 3.79. The largest absolute Gasteiger partial charge is 0.326 e. The van der Waals surface area contributed by atoms with Gasteiger partial charge in [-0.15, -0.1) is 11.3 Å². The first kappa shape index (κ1) is 21.4. The maximum absolute atomic E-state index is 13.3. The van der Waals surface area contributed by atoms with Gasteiger partial charge < -0.3 is 5.32 Å². The van der Waals surface area contributed by atoms with Crippen LogP contribution < -0.4 is 10.9 Å². The number of anilines is 1. The monoisotopic (exact) mass is 467 g/mol. The van der Waals surface area contributed by atoms with Crippen molar-refractivity contribution in [1.29, 1.82) is 0 Å². The van der Waals surface area contributed by atoms with Gasteiger partial charge in [0.05, 0.1) is 11.1 Å². The lowest BCUT2D eigenvalue weighted by molar-refractivity contribution is -0.116. The fourth-order valence-corrected chi connectivity index (χ4v) is 6.95. The number of amides is 1. The number of carbonyl (C=O) groups is 2. The van der Waals surface area contributed by atoms with Gasteiger partial charge in [-0.1, -0.05) is 18.7 Å². The van der Waals surface area contributed by atoms with E-state index in [2.05, 4.69) is 12.2 Å². The van der Waals surface area contributed by atoms with Gasteiger partial charge in [-0.05, 0) is 67.9 Å². The zero-order valence-corrected chi connectivity index (χ0v) is 19.8.